The van der Waals surface area contributed by atoms with E-state index in [0.717, 1.165) is 21.3 Å². The predicted molar refractivity (Wildman–Crippen MR) is 74.5 cm³/mol. The SMILES string of the molecule is Cc1ccnc(N)c1C(NN)c1ccc(Br)cn1. The number of aryl methyl sites for hydroxylation is 1. The van der Waals surface area contributed by atoms with E-state index in [1.54, 1.807) is 12.4 Å². The summed E-state index contributed by atoms with van der Waals surface area (Å²) in [6.07, 6.45) is 3.40. The van der Waals surface area contributed by atoms with E-state index in [1.165, 1.54) is 0 Å². The molecule has 94 valence electrons. The molecule has 0 aromatic carbocycles. The van der Waals surface area contributed by atoms with E-state index >= 15 is 0 Å². The molecule has 0 amide bonds. The number of anilines is 1. The summed E-state index contributed by atoms with van der Waals surface area (Å²) < 4.78 is 0.915. The third-order valence-electron chi connectivity index (χ3n) is 2.74. The van der Waals surface area contributed by atoms with Crippen molar-refractivity contribution in [2.45, 2.75) is 13.0 Å². The van der Waals surface area contributed by atoms with Crippen LogP contribution in [0.1, 0.15) is 22.9 Å². The molecule has 0 spiro atoms. The van der Waals surface area contributed by atoms with Crippen LogP contribution in [0.5, 0.6) is 0 Å². The van der Waals surface area contributed by atoms with Crippen LogP contribution in [-0.4, -0.2) is 9.97 Å². The van der Waals surface area contributed by atoms with Crippen molar-refractivity contribution in [2.24, 2.45) is 5.84 Å². The first kappa shape index (κ1) is 12.9. The smallest absolute Gasteiger partial charge is 0.128 e. The molecule has 5 N–H and O–H groups in total. The Bertz CT molecular complexity index is 520. The van der Waals surface area contributed by atoms with Crippen molar-refractivity contribution >= 4 is 21.7 Å². The second kappa shape index (κ2) is 5.43. The van der Waals surface area contributed by atoms with Gasteiger partial charge in [0.25, 0.3) is 0 Å². The predicted octanol–water partition coefficient (Wildman–Crippen LogP) is 1.68. The highest BCUT2D eigenvalue weighted by Crippen LogP contribution is 2.27. The molecule has 2 rings (SSSR count). The average molecular weight is 308 g/mol. The topological polar surface area (TPSA) is 89.8 Å². The van der Waals surface area contributed by atoms with Gasteiger partial charge in [0, 0.05) is 22.4 Å². The number of nitrogens with one attached hydrogen (secondary N) is 1. The molecule has 0 saturated heterocycles. The molecule has 0 aliphatic heterocycles. The van der Waals surface area contributed by atoms with Crippen molar-refractivity contribution in [2.75, 3.05) is 5.73 Å². The number of nitrogens with two attached hydrogens (primary N) is 2. The zero-order valence-corrected chi connectivity index (χ0v) is 11.5. The van der Waals surface area contributed by atoms with Gasteiger partial charge in [0.2, 0.25) is 0 Å². The Labute approximate surface area is 114 Å². The zero-order valence-electron chi connectivity index (χ0n) is 9.89. The molecule has 1 atom stereocenters. The highest BCUT2D eigenvalue weighted by atomic mass is 79.9. The number of rotatable bonds is 3. The van der Waals surface area contributed by atoms with E-state index in [4.69, 9.17) is 11.6 Å². The third-order valence-corrected chi connectivity index (χ3v) is 3.21. The zero-order chi connectivity index (χ0) is 13.1. The lowest BCUT2D eigenvalue weighted by Gasteiger charge is -2.19. The van der Waals surface area contributed by atoms with Gasteiger partial charge in [-0.05, 0) is 46.6 Å². The van der Waals surface area contributed by atoms with E-state index in [2.05, 4.69) is 31.3 Å². The maximum Gasteiger partial charge on any atom is 0.128 e. The summed E-state index contributed by atoms with van der Waals surface area (Å²) in [4.78, 5) is 8.43. The van der Waals surface area contributed by atoms with Gasteiger partial charge in [-0.25, -0.2) is 10.4 Å². The van der Waals surface area contributed by atoms with Crippen molar-refractivity contribution in [3.63, 3.8) is 0 Å². The normalized spacial score (nSPS) is 12.4. The number of hydrazine groups is 1. The van der Waals surface area contributed by atoms with Crippen molar-refractivity contribution < 1.29 is 0 Å². The number of hydrogen-bond donors (Lipinski definition) is 3. The standard InChI is InChI=1S/C12H14BrN5/c1-7-4-5-16-12(14)10(7)11(18-15)9-3-2-8(13)6-17-9/h2-6,11,18H,15H2,1H3,(H2,14,16). The summed E-state index contributed by atoms with van der Waals surface area (Å²) in [5, 5.41) is 0. The van der Waals surface area contributed by atoms with E-state index in [9.17, 15) is 0 Å². The van der Waals surface area contributed by atoms with Crippen LogP contribution in [0.25, 0.3) is 0 Å². The molecule has 0 aliphatic carbocycles. The molecule has 18 heavy (non-hydrogen) atoms. The minimum absolute atomic E-state index is 0.271. The van der Waals surface area contributed by atoms with E-state index in [0.29, 0.717) is 5.82 Å². The molecule has 5 nitrogen and oxygen atoms in total. The monoisotopic (exact) mass is 307 g/mol. The van der Waals surface area contributed by atoms with Gasteiger partial charge in [-0.3, -0.25) is 10.8 Å². The van der Waals surface area contributed by atoms with Gasteiger partial charge in [-0.15, -0.1) is 0 Å². The number of halogens is 1. The minimum Gasteiger partial charge on any atom is -0.383 e. The Hall–Kier alpha value is -1.50. The summed E-state index contributed by atoms with van der Waals surface area (Å²) in [5.41, 5.74) is 11.3. The van der Waals surface area contributed by atoms with Crippen LogP contribution in [0.3, 0.4) is 0 Å². The van der Waals surface area contributed by atoms with Gasteiger partial charge < -0.3 is 5.73 Å². The second-order valence-corrected chi connectivity index (χ2v) is 4.84. The van der Waals surface area contributed by atoms with Gasteiger partial charge in [-0.1, -0.05) is 0 Å². The fraction of sp³-hybridized carbons (Fsp3) is 0.167. The lowest BCUT2D eigenvalue weighted by Crippen LogP contribution is -2.30. The Kier molecular flexibility index (Phi) is 3.90. The molecule has 2 aromatic heterocycles. The molecule has 1 unspecified atom stereocenters. The third kappa shape index (κ3) is 2.50. The lowest BCUT2D eigenvalue weighted by molar-refractivity contribution is 0.617. The fourth-order valence-corrected chi connectivity index (χ4v) is 2.08. The Morgan fingerprint density at radius 2 is 2.06 bits per heavy atom. The minimum atomic E-state index is -0.271. The lowest BCUT2D eigenvalue weighted by atomic mass is 10.00. The summed E-state index contributed by atoms with van der Waals surface area (Å²) in [6, 6.07) is 5.43. The largest absolute Gasteiger partial charge is 0.383 e. The first-order chi connectivity index (χ1) is 8.63. The molecule has 0 fully saturated rings. The molecule has 0 saturated carbocycles. The number of nitrogens with zero attached hydrogens (tertiary/aromatic N) is 2. The van der Waals surface area contributed by atoms with E-state index in [1.807, 2.05) is 25.1 Å². The van der Waals surface area contributed by atoms with Gasteiger partial charge in [-0.2, -0.15) is 0 Å². The first-order valence-electron chi connectivity index (χ1n) is 5.42. The number of hydrogen-bond acceptors (Lipinski definition) is 5. The summed E-state index contributed by atoms with van der Waals surface area (Å²) in [6.45, 7) is 1.97. The van der Waals surface area contributed by atoms with E-state index in [-0.39, 0.29) is 6.04 Å². The molecular formula is C12H14BrN5. The molecule has 0 aliphatic rings. The van der Waals surface area contributed by atoms with Crippen LogP contribution in [-0.2, 0) is 0 Å². The van der Waals surface area contributed by atoms with Gasteiger partial charge in [0.15, 0.2) is 0 Å². The number of nitrogen functional groups attached to an aromatic ring is 1. The summed E-state index contributed by atoms with van der Waals surface area (Å²) in [5.74, 6) is 6.09. The van der Waals surface area contributed by atoms with Gasteiger partial charge in [0.05, 0.1) is 11.7 Å². The Morgan fingerprint density at radius 3 is 2.61 bits per heavy atom. The molecule has 0 radical (unpaired) electrons. The fourth-order valence-electron chi connectivity index (χ4n) is 1.84. The van der Waals surface area contributed by atoms with Crippen LogP contribution in [0, 0.1) is 6.92 Å². The van der Waals surface area contributed by atoms with Crippen LogP contribution in [0.4, 0.5) is 5.82 Å². The molecule has 6 heteroatoms. The van der Waals surface area contributed by atoms with Crippen molar-refractivity contribution in [1.29, 1.82) is 0 Å². The van der Waals surface area contributed by atoms with Crippen molar-refractivity contribution in [3.8, 4) is 0 Å². The number of aromatic nitrogens is 2. The number of pyridine rings is 2. The van der Waals surface area contributed by atoms with Crippen LogP contribution in [0.15, 0.2) is 35.1 Å². The first-order valence-corrected chi connectivity index (χ1v) is 6.21. The average Bonchev–Trinajstić information content (AvgIpc) is 2.35. The van der Waals surface area contributed by atoms with E-state index < -0.39 is 0 Å². The van der Waals surface area contributed by atoms with Crippen LogP contribution in [0.2, 0.25) is 0 Å². The summed E-state index contributed by atoms with van der Waals surface area (Å²) >= 11 is 3.35. The molecular weight excluding hydrogens is 294 g/mol. The summed E-state index contributed by atoms with van der Waals surface area (Å²) in [7, 11) is 0. The maximum absolute atomic E-state index is 5.92. The molecule has 2 heterocycles. The highest BCUT2D eigenvalue weighted by Gasteiger charge is 2.19. The molecule has 0 bridgehead atoms. The van der Waals surface area contributed by atoms with Crippen molar-refractivity contribution in [3.05, 3.63) is 51.9 Å². The van der Waals surface area contributed by atoms with Gasteiger partial charge >= 0.3 is 0 Å². The Balaban J connectivity index is 2.48. The second-order valence-electron chi connectivity index (χ2n) is 3.93. The highest BCUT2D eigenvalue weighted by molar-refractivity contribution is 9.10. The quantitative estimate of drug-likeness (QED) is 0.593. The maximum atomic E-state index is 5.92. The molecule has 2 aromatic rings. The van der Waals surface area contributed by atoms with Crippen LogP contribution < -0.4 is 17.0 Å². The van der Waals surface area contributed by atoms with Gasteiger partial charge in [0.1, 0.15) is 5.82 Å². The van der Waals surface area contributed by atoms with Crippen LogP contribution >= 0.6 is 15.9 Å². The van der Waals surface area contributed by atoms with Crippen molar-refractivity contribution in [1.82, 2.24) is 15.4 Å². The Morgan fingerprint density at radius 1 is 1.28 bits per heavy atom.